The van der Waals surface area contributed by atoms with Gasteiger partial charge in [0.05, 0.1) is 22.4 Å². The molecule has 1 aliphatic heterocycles. The Bertz CT molecular complexity index is 1140. The van der Waals surface area contributed by atoms with Crippen molar-refractivity contribution in [1.29, 1.82) is 0 Å². The largest absolute Gasteiger partial charge is 0.457 e. The van der Waals surface area contributed by atoms with Crippen LogP contribution in [0.4, 0.5) is 10.9 Å². The SMILES string of the molecule is NC(=O)C[C@H]1CCN(c2cc(Oc3ccc4nc(N[C@@H]5CCCC[C@H]5O)sc4c3)ccn2)C1. The summed E-state index contributed by atoms with van der Waals surface area (Å²) in [6, 6.07) is 9.71. The number of primary amides is 1. The Morgan fingerprint density at radius 3 is 2.91 bits per heavy atom. The maximum atomic E-state index is 11.2. The number of anilines is 2. The van der Waals surface area contributed by atoms with Gasteiger partial charge in [0.25, 0.3) is 0 Å². The number of nitrogens with zero attached hydrogens (tertiary/aromatic N) is 3. The molecule has 0 bridgehead atoms. The number of thiazole rings is 1. The maximum Gasteiger partial charge on any atom is 0.217 e. The van der Waals surface area contributed by atoms with Gasteiger partial charge in [-0.05, 0) is 43.4 Å². The van der Waals surface area contributed by atoms with E-state index in [0.717, 1.165) is 72.1 Å². The molecule has 33 heavy (non-hydrogen) atoms. The summed E-state index contributed by atoms with van der Waals surface area (Å²) < 4.78 is 7.16. The van der Waals surface area contributed by atoms with Crippen LogP contribution in [0, 0.1) is 5.92 Å². The van der Waals surface area contributed by atoms with E-state index in [1.165, 1.54) is 0 Å². The Labute approximate surface area is 196 Å². The molecular formula is C24H29N5O3S. The number of ether oxygens (including phenoxy) is 1. The zero-order chi connectivity index (χ0) is 22.8. The molecule has 1 amide bonds. The normalized spacial score (nSPS) is 23.1. The Hall–Kier alpha value is -2.91. The highest BCUT2D eigenvalue weighted by atomic mass is 32.1. The zero-order valence-corrected chi connectivity index (χ0v) is 19.3. The minimum atomic E-state index is -0.313. The van der Waals surface area contributed by atoms with Crippen LogP contribution in [0.25, 0.3) is 10.2 Å². The molecule has 0 unspecified atom stereocenters. The molecule has 1 aromatic carbocycles. The lowest BCUT2D eigenvalue weighted by molar-refractivity contribution is -0.118. The number of hydrogen-bond acceptors (Lipinski definition) is 8. The first-order chi connectivity index (χ1) is 16.0. The van der Waals surface area contributed by atoms with Crippen molar-refractivity contribution in [2.45, 2.75) is 50.7 Å². The third-order valence-electron chi connectivity index (χ3n) is 6.45. The van der Waals surface area contributed by atoms with Gasteiger partial charge < -0.3 is 25.8 Å². The fraction of sp³-hybridized carbons (Fsp3) is 0.458. The van der Waals surface area contributed by atoms with Crippen molar-refractivity contribution < 1.29 is 14.6 Å². The first kappa shape index (κ1) is 21.9. The monoisotopic (exact) mass is 467 g/mol. The molecule has 4 N–H and O–H groups in total. The van der Waals surface area contributed by atoms with E-state index in [1.54, 1.807) is 17.5 Å². The number of rotatable bonds is 7. The van der Waals surface area contributed by atoms with Crippen molar-refractivity contribution in [1.82, 2.24) is 9.97 Å². The van der Waals surface area contributed by atoms with Crippen LogP contribution in [0.2, 0.25) is 0 Å². The van der Waals surface area contributed by atoms with Gasteiger partial charge in [-0.3, -0.25) is 4.79 Å². The van der Waals surface area contributed by atoms with E-state index in [2.05, 4.69) is 20.2 Å². The van der Waals surface area contributed by atoms with Crippen molar-refractivity contribution in [3.63, 3.8) is 0 Å². The number of nitrogens with one attached hydrogen (secondary N) is 1. The standard InChI is InChI=1S/C24H29N5O3S/c25-22(31)11-15-8-10-29(14-15)23-13-17(7-9-26-23)32-16-5-6-19-21(12-16)33-24(28-19)27-18-3-1-2-4-20(18)30/h5-7,9,12-13,15,18,20,30H,1-4,8,10-11,14H2,(H2,25,31)(H,27,28)/t15-,18-,20-/m1/s1. The van der Waals surface area contributed by atoms with Crippen molar-refractivity contribution >= 4 is 38.4 Å². The summed E-state index contributed by atoms with van der Waals surface area (Å²) >= 11 is 1.57. The summed E-state index contributed by atoms with van der Waals surface area (Å²) in [5, 5.41) is 14.5. The van der Waals surface area contributed by atoms with Crippen molar-refractivity contribution in [3.8, 4) is 11.5 Å². The van der Waals surface area contributed by atoms with Crippen molar-refractivity contribution in [2.24, 2.45) is 11.7 Å². The van der Waals surface area contributed by atoms with Crippen LogP contribution in [-0.4, -0.2) is 46.2 Å². The molecule has 0 spiro atoms. The van der Waals surface area contributed by atoms with E-state index in [1.807, 2.05) is 30.3 Å². The summed E-state index contributed by atoms with van der Waals surface area (Å²) in [6.07, 6.45) is 6.82. The number of benzene rings is 1. The fourth-order valence-corrected chi connectivity index (χ4v) is 5.69. The molecule has 3 atom stereocenters. The number of amides is 1. The second kappa shape index (κ2) is 9.52. The number of aliphatic hydroxyl groups is 1. The van der Waals surface area contributed by atoms with Crippen LogP contribution in [0.1, 0.15) is 38.5 Å². The lowest BCUT2D eigenvalue weighted by atomic mass is 9.93. The Morgan fingerprint density at radius 1 is 1.21 bits per heavy atom. The molecule has 5 rings (SSSR count). The van der Waals surface area contributed by atoms with Gasteiger partial charge in [0.15, 0.2) is 5.13 Å². The summed E-state index contributed by atoms with van der Waals surface area (Å²) in [5.41, 5.74) is 6.26. The van der Waals surface area contributed by atoms with E-state index in [-0.39, 0.29) is 24.0 Å². The van der Waals surface area contributed by atoms with Gasteiger partial charge >= 0.3 is 0 Å². The van der Waals surface area contributed by atoms with E-state index < -0.39 is 0 Å². The molecule has 0 radical (unpaired) electrons. The molecule has 3 aromatic rings. The highest BCUT2D eigenvalue weighted by molar-refractivity contribution is 7.22. The van der Waals surface area contributed by atoms with Crippen LogP contribution in [0.5, 0.6) is 11.5 Å². The molecule has 2 aromatic heterocycles. The number of aromatic nitrogens is 2. The number of fused-ring (bicyclic) bond motifs is 1. The second-order valence-electron chi connectivity index (χ2n) is 8.97. The zero-order valence-electron chi connectivity index (χ0n) is 18.4. The first-order valence-corrected chi connectivity index (χ1v) is 12.4. The number of nitrogens with two attached hydrogens (primary N) is 1. The average Bonchev–Trinajstić information content (AvgIpc) is 3.41. The quantitative estimate of drug-likeness (QED) is 0.483. The second-order valence-corrected chi connectivity index (χ2v) is 10.0. The molecule has 1 aliphatic carbocycles. The minimum Gasteiger partial charge on any atom is -0.457 e. The molecule has 2 aliphatic rings. The fourth-order valence-electron chi connectivity index (χ4n) is 4.73. The number of aliphatic hydroxyl groups excluding tert-OH is 1. The molecular weight excluding hydrogens is 438 g/mol. The smallest absolute Gasteiger partial charge is 0.217 e. The number of hydrogen-bond donors (Lipinski definition) is 3. The predicted molar refractivity (Wildman–Crippen MR) is 130 cm³/mol. The lowest BCUT2D eigenvalue weighted by Crippen LogP contribution is -2.36. The van der Waals surface area contributed by atoms with E-state index in [0.29, 0.717) is 12.2 Å². The van der Waals surface area contributed by atoms with E-state index >= 15 is 0 Å². The van der Waals surface area contributed by atoms with Crippen molar-refractivity contribution in [3.05, 3.63) is 36.5 Å². The number of carbonyl (C=O) groups excluding carboxylic acids is 1. The number of pyridine rings is 1. The van der Waals surface area contributed by atoms with Gasteiger partial charge in [0.1, 0.15) is 17.3 Å². The predicted octanol–water partition coefficient (Wildman–Crippen LogP) is 3.90. The lowest BCUT2D eigenvalue weighted by Gasteiger charge is -2.27. The highest BCUT2D eigenvalue weighted by Gasteiger charge is 2.25. The summed E-state index contributed by atoms with van der Waals surface area (Å²) in [4.78, 5) is 22.5. The molecule has 3 heterocycles. The van der Waals surface area contributed by atoms with Crippen molar-refractivity contribution in [2.75, 3.05) is 23.3 Å². The van der Waals surface area contributed by atoms with Crippen LogP contribution in [-0.2, 0) is 4.79 Å². The first-order valence-electron chi connectivity index (χ1n) is 11.6. The molecule has 2 fully saturated rings. The van der Waals surface area contributed by atoms with E-state index in [9.17, 15) is 9.90 Å². The van der Waals surface area contributed by atoms with Gasteiger partial charge in [-0.25, -0.2) is 9.97 Å². The third kappa shape index (κ3) is 5.20. The molecule has 8 nitrogen and oxygen atoms in total. The van der Waals surface area contributed by atoms with E-state index in [4.69, 9.17) is 10.5 Å². The third-order valence-corrected chi connectivity index (χ3v) is 7.40. The molecule has 1 saturated heterocycles. The Morgan fingerprint density at radius 2 is 2.06 bits per heavy atom. The highest BCUT2D eigenvalue weighted by Crippen LogP contribution is 2.34. The molecule has 174 valence electrons. The summed E-state index contributed by atoms with van der Waals surface area (Å²) in [5.74, 6) is 2.32. The van der Waals surface area contributed by atoms with Gasteiger partial charge in [0.2, 0.25) is 5.91 Å². The topological polar surface area (TPSA) is 114 Å². The van der Waals surface area contributed by atoms with Crippen LogP contribution < -0.4 is 20.7 Å². The Balaban J connectivity index is 1.26. The van der Waals surface area contributed by atoms with Gasteiger partial charge in [-0.15, -0.1) is 0 Å². The van der Waals surface area contributed by atoms with Crippen LogP contribution in [0.15, 0.2) is 36.5 Å². The summed E-state index contributed by atoms with van der Waals surface area (Å²) in [7, 11) is 0. The molecule has 1 saturated carbocycles. The van der Waals surface area contributed by atoms with Gasteiger partial charge in [0, 0.05) is 37.8 Å². The number of carbonyl (C=O) groups is 1. The summed E-state index contributed by atoms with van der Waals surface area (Å²) in [6.45, 7) is 1.63. The minimum absolute atomic E-state index is 0.0680. The average molecular weight is 468 g/mol. The maximum absolute atomic E-state index is 11.2. The van der Waals surface area contributed by atoms with Crippen LogP contribution >= 0.6 is 11.3 Å². The van der Waals surface area contributed by atoms with Gasteiger partial charge in [-0.2, -0.15) is 0 Å². The van der Waals surface area contributed by atoms with Gasteiger partial charge in [-0.1, -0.05) is 24.2 Å². The Kier molecular flexibility index (Phi) is 6.32. The van der Waals surface area contributed by atoms with Crippen LogP contribution in [0.3, 0.4) is 0 Å². The molecule has 9 heteroatoms.